The van der Waals surface area contributed by atoms with Crippen LogP contribution in [-0.4, -0.2) is 45.0 Å². The molecule has 1 rings (SSSR count). The highest BCUT2D eigenvalue weighted by atomic mass is 35.5. The van der Waals surface area contributed by atoms with Crippen molar-refractivity contribution in [1.82, 2.24) is 4.90 Å². The van der Waals surface area contributed by atoms with Crippen LogP contribution < -0.4 is 0 Å². The van der Waals surface area contributed by atoms with Gasteiger partial charge in [0, 0.05) is 6.04 Å². The van der Waals surface area contributed by atoms with Crippen LogP contribution in [-0.2, 0) is 9.84 Å². The van der Waals surface area contributed by atoms with Gasteiger partial charge in [-0.3, -0.25) is 0 Å². The zero-order valence-corrected chi connectivity index (χ0v) is 8.41. The van der Waals surface area contributed by atoms with Crippen LogP contribution in [0.4, 0.5) is 0 Å². The van der Waals surface area contributed by atoms with E-state index >= 15 is 0 Å². The maximum Gasteiger partial charge on any atom is 0.151 e. The van der Waals surface area contributed by atoms with Gasteiger partial charge >= 0.3 is 0 Å². The smallest absolute Gasteiger partial charge is 0.151 e. The van der Waals surface area contributed by atoms with Gasteiger partial charge in [-0.1, -0.05) is 0 Å². The summed E-state index contributed by atoms with van der Waals surface area (Å²) < 4.78 is 21.8. The third-order valence-corrected chi connectivity index (χ3v) is 3.69. The van der Waals surface area contributed by atoms with Gasteiger partial charge in [0.2, 0.25) is 0 Å². The average molecular weight is 200 g/mol. The molecule has 0 aliphatic carbocycles. The maximum atomic E-state index is 10.9. The van der Waals surface area contributed by atoms with Gasteiger partial charge in [-0.2, -0.15) is 0 Å². The highest BCUT2D eigenvalue weighted by molar-refractivity contribution is 7.91. The van der Waals surface area contributed by atoms with E-state index in [-0.39, 0.29) is 18.4 Å². The van der Waals surface area contributed by atoms with Crippen LogP contribution in [0.15, 0.2) is 0 Å². The molecule has 68 valence electrons. The Morgan fingerprint density at radius 1 is 1.36 bits per heavy atom. The quantitative estimate of drug-likeness (QED) is 0.604. The normalized spacial score (nSPS) is 28.5. The minimum Gasteiger partial charge on any atom is -0.305 e. The first-order chi connectivity index (χ1) is 4.51. The Morgan fingerprint density at radius 3 is 2.09 bits per heavy atom. The lowest BCUT2D eigenvalue weighted by Crippen LogP contribution is -2.28. The summed E-state index contributed by atoms with van der Waals surface area (Å²) in [7, 11) is 1.16. The highest BCUT2D eigenvalue weighted by Crippen LogP contribution is 2.14. The molecule has 3 nitrogen and oxygen atoms in total. The minimum absolute atomic E-state index is 0. The van der Waals surface area contributed by atoms with Gasteiger partial charge in [0.15, 0.2) is 9.84 Å². The molecule has 1 atom stereocenters. The number of halogens is 1. The summed E-state index contributed by atoms with van der Waals surface area (Å²) in [6, 6.07) is 0.255. The molecule has 1 fully saturated rings. The average Bonchev–Trinajstić information content (AvgIpc) is 2.10. The van der Waals surface area contributed by atoms with Gasteiger partial charge < -0.3 is 4.90 Å². The molecule has 0 amide bonds. The van der Waals surface area contributed by atoms with Crippen LogP contribution in [0.25, 0.3) is 0 Å². The molecule has 5 heteroatoms. The Kier molecular flexibility index (Phi) is 3.80. The molecule has 1 aliphatic heterocycles. The Labute approximate surface area is 74.1 Å². The molecule has 1 unspecified atom stereocenters. The van der Waals surface area contributed by atoms with Crippen LogP contribution in [0.2, 0.25) is 0 Å². The first-order valence-electron chi connectivity index (χ1n) is 3.38. The maximum absolute atomic E-state index is 10.9. The molecule has 1 saturated heterocycles. The van der Waals surface area contributed by atoms with Crippen LogP contribution >= 0.6 is 12.4 Å². The Bertz CT molecular complexity index is 213. The van der Waals surface area contributed by atoms with Crippen LogP contribution in [0.3, 0.4) is 0 Å². The lowest BCUT2D eigenvalue weighted by Gasteiger charge is -2.15. The van der Waals surface area contributed by atoms with Crippen LogP contribution in [0.1, 0.15) is 6.42 Å². The summed E-state index contributed by atoms with van der Waals surface area (Å²) in [5, 5.41) is 0. The van der Waals surface area contributed by atoms with E-state index in [1.165, 1.54) is 0 Å². The minimum atomic E-state index is -2.68. The molecule has 0 aromatic heterocycles. The number of rotatable bonds is 1. The number of nitrogens with zero attached hydrogens (tertiary/aromatic N) is 1. The lowest BCUT2D eigenvalue weighted by atomic mass is 10.2. The molecule has 0 radical (unpaired) electrons. The second-order valence-electron chi connectivity index (χ2n) is 3.02. The fourth-order valence-corrected chi connectivity index (χ4v) is 3.03. The second kappa shape index (κ2) is 3.74. The third kappa shape index (κ3) is 2.97. The van der Waals surface area contributed by atoms with Crippen molar-refractivity contribution < 1.29 is 8.42 Å². The summed E-state index contributed by atoms with van der Waals surface area (Å²) in [6.45, 7) is 0. The van der Waals surface area contributed by atoms with Gasteiger partial charge in [-0.05, 0) is 20.5 Å². The molecule has 0 aromatic carbocycles. The standard InChI is InChI=1S/C6H13NO2S.ClH/c1-7(2)6-3-4-10(8,9)5-6;/h6H,3-5H2,1-2H3;1H. The van der Waals surface area contributed by atoms with Crippen molar-refractivity contribution in [2.45, 2.75) is 12.5 Å². The largest absolute Gasteiger partial charge is 0.305 e. The SMILES string of the molecule is CN(C)C1CCS(=O)(=O)C1.Cl. The van der Waals surface area contributed by atoms with Crippen molar-refractivity contribution in [1.29, 1.82) is 0 Å². The molecular formula is C6H14ClNO2S. The van der Waals surface area contributed by atoms with Crippen molar-refractivity contribution in [2.75, 3.05) is 25.6 Å². The van der Waals surface area contributed by atoms with Gasteiger partial charge in [0.05, 0.1) is 11.5 Å². The predicted octanol–water partition coefficient (Wildman–Crippen LogP) is 0.157. The zero-order valence-electron chi connectivity index (χ0n) is 6.78. The molecule has 0 bridgehead atoms. The number of hydrogen-bond donors (Lipinski definition) is 0. The molecule has 1 aliphatic rings. The van der Waals surface area contributed by atoms with Gasteiger partial charge in [-0.15, -0.1) is 12.4 Å². The summed E-state index contributed by atoms with van der Waals surface area (Å²) in [5.41, 5.74) is 0. The number of hydrogen-bond acceptors (Lipinski definition) is 3. The van der Waals surface area contributed by atoms with Crippen molar-refractivity contribution in [3.05, 3.63) is 0 Å². The first-order valence-corrected chi connectivity index (χ1v) is 5.20. The van der Waals surface area contributed by atoms with Crippen molar-refractivity contribution in [3.8, 4) is 0 Å². The summed E-state index contributed by atoms with van der Waals surface area (Å²) in [5.74, 6) is 0.718. The monoisotopic (exact) mass is 199 g/mol. The van der Waals surface area contributed by atoms with E-state index in [9.17, 15) is 8.42 Å². The zero-order chi connectivity index (χ0) is 7.78. The molecule has 0 aromatic rings. The Morgan fingerprint density at radius 2 is 1.91 bits per heavy atom. The summed E-state index contributed by atoms with van der Waals surface area (Å²) >= 11 is 0. The number of sulfone groups is 1. The van der Waals surface area contributed by atoms with Gasteiger partial charge in [0.25, 0.3) is 0 Å². The molecule has 1 heterocycles. The highest BCUT2D eigenvalue weighted by Gasteiger charge is 2.28. The van der Waals surface area contributed by atoms with E-state index in [0.29, 0.717) is 11.5 Å². The van der Waals surface area contributed by atoms with E-state index in [4.69, 9.17) is 0 Å². The Balaban J connectivity index is 0.000001000. The predicted molar refractivity (Wildman–Crippen MR) is 48.0 cm³/mol. The Hall–Kier alpha value is 0.200. The fraction of sp³-hybridized carbons (Fsp3) is 1.00. The topological polar surface area (TPSA) is 37.4 Å². The first kappa shape index (κ1) is 11.2. The second-order valence-corrected chi connectivity index (χ2v) is 5.25. The van der Waals surface area contributed by atoms with Crippen molar-refractivity contribution >= 4 is 22.2 Å². The molecule has 11 heavy (non-hydrogen) atoms. The van der Waals surface area contributed by atoms with E-state index in [0.717, 1.165) is 6.42 Å². The van der Waals surface area contributed by atoms with Crippen LogP contribution in [0.5, 0.6) is 0 Å². The summed E-state index contributed by atoms with van der Waals surface area (Å²) in [6.07, 6.45) is 0.801. The fourth-order valence-electron chi connectivity index (χ4n) is 1.18. The molecule has 0 spiro atoms. The lowest BCUT2D eigenvalue weighted by molar-refractivity contribution is 0.319. The van der Waals surface area contributed by atoms with Gasteiger partial charge in [-0.25, -0.2) is 8.42 Å². The van der Waals surface area contributed by atoms with Gasteiger partial charge in [0.1, 0.15) is 0 Å². The van der Waals surface area contributed by atoms with E-state index in [2.05, 4.69) is 0 Å². The molecular weight excluding hydrogens is 186 g/mol. The van der Waals surface area contributed by atoms with Crippen molar-refractivity contribution in [3.63, 3.8) is 0 Å². The summed E-state index contributed by atoms with van der Waals surface area (Å²) in [4.78, 5) is 1.98. The van der Waals surface area contributed by atoms with Crippen LogP contribution in [0, 0.1) is 0 Å². The van der Waals surface area contributed by atoms with E-state index < -0.39 is 9.84 Å². The van der Waals surface area contributed by atoms with Crippen molar-refractivity contribution in [2.24, 2.45) is 0 Å². The van der Waals surface area contributed by atoms with E-state index in [1.807, 2.05) is 19.0 Å². The van der Waals surface area contributed by atoms with E-state index in [1.54, 1.807) is 0 Å². The molecule has 0 saturated carbocycles. The third-order valence-electron chi connectivity index (χ3n) is 1.94. The molecule has 0 N–H and O–H groups in total.